The molecular weight excluding hydrogens is 120 g/mol. The number of rotatable bonds is 1. The number of carbonyl (C=O) groups is 2. The zero-order chi connectivity index (χ0) is 7.28. The first-order chi connectivity index (χ1) is 4.16. The fraction of sp³-hybridized carbons (Fsp3) is 0.333. The van der Waals surface area contributed by atoms with Crippen LogP contribution in [0.1, 0.15) is 12.8 Å². The van der Waals surface area contributed by atoms with Crippen LogP contribution in [0.4, 0.5) is 0 Å². The molecule has 50 valence electrons. The third kappa shape index (κ3) is 10.9. The van der Waals surface area contributed by atoms with E-state index in [0.29, 0.717) is 5.78 Å². The molecule has 0 spiro atoms. The highest BCUT2D eigenvalue weighted by molar-refractivity contribution is 5.92. The van der Waals surface area contributed by atoms with Crippen LogP contribution in [0.3, 0.4) is 0 Å². The number of hydrogen-bond acceptors (Lipinski definition) is 2. The summed E-state index contributed by atoms with van der Waals surface area (Å²) in [6.45, 7) is 2.96. The molecule has 0 aliphatic heterocycles. The molecule has 0 heterocycles. The molecule has 3 nitrogen and oxygen atoms in total. The minimum absolute atomic E-state index is 0.417. The van der Waals surface area contributed by atoms with Crippen molar-refractivity contribution >= 4 is 11.8 Å². The van der Waals surface area contributed by atoms with Crippen LogP contribution in [0.2, 0.25) is 0 Å². The van der Waals surface area contributed by atoms with Crippen LogP contribution in [0.5, 0.6) is 0 Å². The van der Waals surface area contributed by atoms with E-state index in [-0.39, 0.29) is 0 Å². The Morgan fingerprint density at radius 2 is 1.89 bits per heavy atom. The molecule has 0 saturated heterocycles. The average Bonchev–Trinajstić information content (AvgIpc) is 2.53. The summed E-state index contributed by atoms with van der Waals surface area (Å²) in [4.78, 5) is 18.8. The molecule has 1 aliphatic carbocycles. The minimum Gasteiger partial charge on any atom is -0.478 e. The zero-order valence-electron chi connectivity index (χ0n) is 4.96. The van der Waals surface area contributed by atoms with E-state index in [1.165, 1.54) is 0 Å². The Labute approximate surface area is 53.0 Å². The Bertz CT molecular complexity index is 131. The first-order valence-electron chi connectivity index (χ1n) is 2.54. The second-order valence-electron chi connectivity index (χ2n) is 1.58. The minimum atomic E-state index is -0.981. The average molecular weight is 128 g/mol. The normalized spacial score (nSPS) is 13.1. The largest absolute Gasteiger partial charge is 0.478 e. The lowest BCUT2D eigenvalue weighted by molar-refractivity contribution is -0.131. The van der Waals surface area contributed by atoms with E-state index >= 15 is 0 Å². The van der Waals surface area contributed by atoms with Crippen molar-refractivity contribution in [3.05, 3.63) is 12.7 Å². The molecule has 0 amide bonds. The van der Waals surface area contributed by atoms with Crippen molar-refractivity contribution in [1.82, 2.24) is 0 Å². The van der Waals surface area contributed by atoms with Crippen molar-refractivity contribution in [3.8, 4) is 0 Å². The molecule has 0 bridgehead atoms. The van der Waals surface area contributed by atoms with Crippen molar-refractivity contribution in [3.63, 3.8) is 0 Å². The fourth-order valence-electron chi connectivity index (χ4n) is 0.0510. The molecule has 0 unspecified atom stereocenters. The van der Waals surface area contributed by atoms with Crippen molar-refractivity contribution in [2.45, 2.75) is 12.8 Å². The summed E-state index contributed by atoms with van der Waals surface area (Å²) in [6.07, 6.45) is 2.53. The van der Waals surface area contributed by atoms with Gasteiger partial charge in [-0.25, -0.2) is 4.79 Å². The zero-order valence-corrected chi connectivity index (χ0v) is 4.96. The summed E-state index contributed by atoms with van der Waals surface area (Å²) in [5, 5.41) is 7.60. The van der Waals surface area contributed by atoms with Crippen LogP contribution in [-0.2, 0) is 9.59 Å². The van der Waals surface area contributed by atoms with Crippen LogP contribution < -0.4 is 0 Å². The second-order valence-corrected chi connectivity index (χ2v) is 1.58. The van der Waals surface area contributed by atoms with E-state index < -0.39 is 5.97 Å². The maximum atomic E-state index is 9.56. The molecule has 1 saturated carbocycles. The van der Waals surface area contributed by atoms with Crippen LogP contribution in [-0.4, -0.2) is 16.9 Å². The summed E-state index contributed by atoms with van der Waals surface area (Å²) in [5.41, 5.74) is 0. The van der Waals surface area contributed by atoms with Gasteiger partial charge in [-0.1, -0.05) is 6.58 Å². The molecule has 0 atom stereocenters. The maximum Gasteiger partial charge on any atom is 0.327 e. The number of carboxylic acid groups (broad SMARTS) is 1. The third-order valence-corrected chi connectivity index (χ3v) is 0.629. The smallest absolute Gasteiger partial charge is 0.327 e. The van der Waals surface area contributed by atoms with Gasteiger partial charge in [-0.2, -0.15) is 0 Å². The summed E-state index contributed by atoms with van der Waals surface area (Å²) in [5.74, 6) is -0.565. The molecule has 1 aliphatic rings. The highest BCUT2D eigenvalue weighted by atomic mass is 16.4. The number of ketones is 1. The van der Waals surface area contributed by atoms with Gasteiger partial charge in [0.1, 0.15) is 5.78 Å². The first-order valence-corrected chi connectivity index (χ1v) is 2.54. The topological polar surface area (TPSA) is 54.4 Å². The maximum absolute atomic E-state index is 9.56. The second kappa shape index (κ2) is 3.83. The van der Waals surface area contributed by atoms with E-state index in [1.807, 2.05) is 0 Å². The van der Waals surface area contributed by atoms with Gasteiger partial charge in [0.2, 0.25) is 0 Å². The van der Waals surface area contributed by atoms with E-state index in [2.05, 4.69) is 6.58 Å². The van der Waals surface area contributed by atoms with Gasteiger partial charge in [0.15, 0.2) is 0 Å². The molecule has 1 rings (SSSR count). The quantitative estimate of drug-likeness (QED) is 0.526. The number of Topliss-reactive ketones (excluding diaryl/α,β-unsaturated/α-hetero) is 1. The van der Waals surface area contributed by atoms with Crippen LogP contribution >= 0.6 is 0 Å². The molecule has 3 heteroatoms. The number of hydrogen-bond donors (Lipinski definition) is 1. The number of aliphatic carboxylic acids is 1. The predicted molar refractivity (Wildman–Crippen MR) is 32.1 cm³/mol. The number of carboxylic acids is 1. The highest BCUT2D eigenvalue weighted by Gasteiger charge is 2.13. The summed E-state index contributed by atoms with van der Waals surface area (Å²) in [7, 11) is 0. The summed E-state index contributed by atoms with van der Waals surface area (Å²) < 4.78 is 0. The first kappa shape index (κ1) is 7.88. The Kier molecular flexibility index (Phi) is 3.35. The Hall–Kier alpha value is -1.12. The van der Waals surface area contributed by atoms with Gasteiger partial charge in [0.05, 0.1) is 0 Å². The summed E-state index contributed by atoms with van der Waals surface area (Å²) >= 11 is 0. The molecule has 0 radical (unpaired) electrons. The van der Waals surface area contributed by atoms with E-state index in [1.54, 1.807) is 0 Å². The standard InChI is InChI=1S/C3H4O2.C3H4O/c1-2-3(4)5;4-3-1-2-3/h2H,1H2,(H,4,5);1-2H2. The van der Waals surface area contributed by atoms with Gasteiger partial charge >= 0.3 is 5.97 Å². The van der Waals surface area contributed by atoms with Crippen LogP contribution in [0.15, 0.2) is 12.7 Å². The Morgan fingerprint density at radius 1 is 1.67 bits per heavy atom. The van der Waals surface area contributed by atoms with Gasteiger partial charge in [-0.3, -0.25) is 4.79 Å². The molecule has 1 fully saturated rings. The lowest BCUT2D eigenvalue weighted by atomic mass is 10.7. The number of carbonyl (C=O) groups excluding carboxylic acids is 1. The van der Waals surface area contributed by atoms with E-state index in [9.17, 15) is 9.59 Å². The lowest BCUT2D eigenvalue weighted by Crippen LogP contribution is -1.82. The van der Waals surface area contributed by atoms with Crippen LogP contribution in [0.25, 0.3) is 0 Å². The van der Waals surface area contributed by atoms with Crippen molar-refractivity contribution in [1.29, 1.82) is 0 Å². The molecule has 0 aromatic carbocycles. The van der Waals surface area contributed by atoms with Crippen molar-refractivity contribution < 1.29 is 14.7 Å². The fourth-order valence-corrected chi connectivity index (χ4v) is 0.0510. The van der Waals surface area contributed by atoms with Gasteiger partial charge < -0.3 is 5.11 Å². The van der Waals surface area contributed by atoms with Crippen molar-refractivity contribution in [2.75, 3.05) is 0 Å². The Morgan fingerprint density at radius 3 is 1.89 bits per heavy atom. The van der Waals surface area contributed by atoms with E-state index in [0.717, 1.165) is 18.9 Å². The highest BCUT2D eigenvalue weighted by Crippen LogP contribution is 2.08. The molecular formula is C6H8O3. The lowest BCUT2D eigenvalue weighted by Gasteiger charge is -1.64. The van der Waals surface area contributed by atoms with E-state index in [4.69, 9.17) is 5.11 Å². The third-order valence-electron chi connectivity index (χ3n) is 0.629. The summed E-state index contributed by atoms with van der Waals surface area (Å²) in [6, 6.07) is 0. The molecule has 0 aromatic rings. The van der Waals surface area contributed by atoms with Gasteiger partial charge in [-0.05, 0) is 0 Å². The molecule has 0 aromatic heterocycles. The Balaban J connectivity index is 0.000000144. The van der Waals surface area contributed by atoms with Crippen molar-refractivity contribution in [2.24, 2.45) is 0 Å². The SMILES string of the molecule is C=CC(=O)O.O=C1CC1. The molecule has 1 N–H and O–H groups in total. The van der Waals surface area contributed by atoms with Gasteiger partial charge in [0, 0.05) is 18.9 Å². The monoisotopic (exact) mass is 128 g/mol. The predicted octanol–water partition coefficient (Wildman–Crippen LogP) is 0.606. The van der Waals surface area contributed by atoms with Crippen LogP contribution in [0, 0.1) is 0 Å². The molecule has 9 heavy (non-hydrogen) atoms. The van der Waals surface area contributed by atoms with Gasteiger partial charge in [-0.15, -0.1) is 0 Å². The van der Waals surface area contributed by atoms with Gasteiger partial charge in [0.25, 0.3) is 0 Å².